The Balaban J connectivity index is 1.33. The largest absolute Gasteiger partial charge is 0.486 e. The van der Waals surface area contributed by atoms with Crippen LogP contribution in [-0.4, -0.2) is 33.4 Å². The van der Waals surface area contributed by atoms with E-state index in [1.54, 1.807) is 18.3 Å². The van der Waals surface area contributed by atoms with Crippen LogP contribution in [0.3, 0.4) is 0 Å². The van der Waals surface area contributed by atoms with Crippen LogP contribution < -0.4 is 20.7 Å². The van der Waals surface area contributed by atoms with Crippen LogP contribution in [-0.2, 0) is 11.4 Å². The van der Waals surface area contributed by atoms with Gasteiger partial charge in [-0.25, -0.2) is 9.97 Å². The number of nitrogens with one attached hydrogen (secondary N) is 3. The van der Waals surface area contributed by atoms with Gasteiger partial charge in [0.15, 0.2) is 0 Å². The predicted molar refractivity (Wildman–Crippen MR) is 128 cm³/mol. The normalized spacial score (nSPS) is 15.0. The Labute approximate surface area is 195 Å². The topological polar surface area (TPSA) is 101 Å². The summed E-state index contributed by atoms with van der Waals surface area (Å²) in [6.07, 6.45) is 4.06. The molecule has 1 atom stereocenters. The van der Waals surface area contributed by atoms with Gasteiger partial charge in [0.2, 0.25) is 5.91 Å². The molecule has 2 aromatic heterocycles. The Kier molecular flexibility index (Phi) is 6.01. The van der Waals surface area contributed by atoms with E-state index in [-0.39, 0.29) is 11.9 Å². The molecule has 4 aromatic rings. The number of benzene rings is 2. The van der Waals surface area contributed by atoms with Crippen molar-refractivity contribution in [3.63, 3.8) is 0 Å². The first-order valence-electron chi connectivity index (χ1n) is 10.5. The number of aromatic nitrogens is 3. The van der Waals surface area contributed by atoms with E-state index in [4.69, 9.17) is 16.3 Å². The standard InChI is InChI=1S/C24H21ClN6O2/c25-19-12-16(5-7-22(19)33-13-17-3-1-2-9-26-17)30-23-18-11-15(4-6-20(18)28-14-29-23)31-24(32)21-8-10-27-21/h1-7,9,11-12,14,21,27H,8,10,13H2,(H,31,32)(H,28,29,30)/t21-/m0/s1. The summed E-state index contributed by atoms with van der Waals surface area (Å²) in [5.41, 5.74) is 3.02. The monoisotopic (exact) mass is 460 g/mol. The van der Waals surface area contributed by atoms with E-state index in [1.165, 1.54) is 6.33 Å². The molecule has 0 spiro atoms. The fourth-order valence-corrected chi connectivity index (χ4v) is 3.68. The number of carbonyl (C=O) groups is 1. The predicted octanol–water partition coefficient (Wildman–Crippen LogP) is 4.30. The number of carbonyl (C=O) groups excluding carboxylic acids is 1. The molecule has 1 saturated heterocycles. The van der Waals surface area contributed by atoms with E-state index in [2.05, 4.69) is 30.9 Å². The third-order valence-corrected chi connectivity index (χ3v) is 5.63. The van der Waals surface area contributed by atoms with E-state index in [9.17, 15) is 4.79 Å². The van der Waals surface area contributed by atoms with Crippen LogP contribution >= 0.6 is 11.6 Å². The van der Waals surface area contributed by atoms with Gasteiger partial charge < -0.3 is 20.7 Å². The van der Waals surface area contributed by atoms with Gasteiger partial charge in [-0.2, -0.15) is 0 Å². The first-order chi connectivity index (χ1) is 16.2. The highest BCUT2D eigenvalue weighted by Crippen LogP contribution is 2.31. The fraction of sp³-hybridized carbons (Fsp3) is 0.167. The Morgan fingerprint density at radius 3 is 2.73 bits per heavy atom. The van der Waals surface area contributed by atoms with Crippen LogP contribution in [0.15, 0.2) is 67.1 Å². The van der Waals surface area contributed by atoms with Crippen molar-refractivity contribution in [3.8, 4) is 5.75 Å². The second-order valence-corrected chi connectivity index (χ2v) is 8.03. The minimum atomic E-state index is -0.133. The average Bonchev–Trinajstić information content (AvgIpc) is 2.78. The van der Waals surface area contributed by atoms with Crippen molar-refractivity contribution in [2.45, 2.75) is 19.1 Å². The van der Waals surface area contributed by atoms with Crippen LogP contribution in [0.4, 0.5) is 17.2 Å². The zero-order valence-corrected chi connectivity index (χ0v) is 18.3. The molecule has 1 aliphatic rings. The van der Waals surface area contributed by atoms with E-state index >= 15 is 0 Å². The Hall–Kier alpha value is -3.75. The number of hydrogen-bond acceptors (Lipinski definition) is 7. The zero-order chi connectivity index (χ0) is 22.6. The minimum Gasteiger partial charge on any atom is -0.486 e. The van der Waals surface area contributed by atoms with Crippen molar-refractivity contribution < 1.29 is 9.53 Å². The van der Waals surface area contributed by atoms with Gasteiger partial charge in [-0.05, 0) is 61.5 Å². The summed E-state index contributed by atoms with van der Waals surface area (Å²) in [4.78, 5) is 25.2. The van der Waals surface area contributed by atoms with E-state index in [1.807, 2.05) is 42.5 Å². The van der Waals surface area contributed by atoms with Crippen LogP contribution in [0.1, 0.15) is 12.1 Å². The second kappa shape index (κ2) is 9.40. The lowest BCUT2D eigenvalue weighted by molar-refractivity contribution is -0.119. The number of rotatable bonds is 7. The van der Waals surface area contributed by atoms with Gasteiger partial charge in [-0.15, -0.1) is 0 Å². The molecule has 2 aromatic carbocycles. The van der Waals surface area contributed by atoms with Crippen molar-refractivity contribution in [3.05, 3.63) is 77.8 Å². The lowest BCUT2D eigenvalue weighted by atomic mass is 10.1. The zero-order valence-electron chi connectivity index (χ0n) is 17.6. The molecule has 166 valence electrons. The highest BCUT2D eigenvalue weighted by atomic mass is 35.5. The van der Waals surface area contributed by atoms with Gasteiger partial charge >= 0.3 is 0 Å². The molecule has 1 amide bonds. The molecule has 3 heterocycles. The molecular weight excluding hydrogens is 440 g/mol. The van der Waals surface area contributed by atoms with E-state index in [0.29, 0.717) is 28.9 Å². The summed E-state index contributed by atoms with van der Waals surface area (Å²) >= 11 is 6.44. The van der Waals surface area contributed by atoms with Crippen molar-refractivity contribution in [2.24, 2.45) is 0 Å². The second-order valence-electron chi connectivity index (χ2n) is 7.62. The van der Waals surface area contributed by atoms with Crippen LogP contribution in [0, 0.1) is 0 Å². The maximum atomic E-state index is 12.3. The number of halogens is 1. The minimum absolute atomic E-state index is 0.0416. The van der Waals surface area contributed by atoms with Crippen molar-refractivity contribution in [1.29, 1.82) is 0 Å². The number of nitrogens with zero attached hydrogens (tertiary/aromatic N) is 3. The number of anilines is 3. The Bertz CT molecular complexity index is 1300. The molecule has 0 radical (unpaired) electrons. The maximum Gasteiger partial charge on any atom is 0.241 e. The molecule has 8 nitrogen and oxygen atoms in total. The van der Waals surface area contributed by atoms with Crippen LogP contribution in [0.25, 0.3) is 10.9 Å². The summed E-state index contributed by atoms with van der Waals surface area (Å²) in [6.45, 7) is 1.20. The number of amides is 1. The lowest BCUT2D eigenvalue weighted by Gasteiger charge is -2.26. The first-order valence-corrected chi connectivity index (χ1v) is 10.9. The van der Waals surface area contributed by atoms with Crippen molar-refractivity contribution in [2.75, 3.05) is 17.2 Å². The Morgan fingerprint density at radius 1 is 1.09 bits per heavy atom. The SMILES string of the molecule is O=C(Nc1ccc2ncnc(Nc3ccc(OCc4ccccn4)c(Cl)c3)c2c1)[C@@H]1CCN1. The third-order valence-electron chi connectivity index (χ3n) is 5.34. The molecule has 33 heavy (non-hydrogen) atoms. The summed E-state index contributed by atoms with van der Waals surface area (Å²) in [6, 6.07) is 16.5. The van der Waals surface area contributed by atoms with Gasteiger partial charge in [0.25, 0.3) is 0 Å². The molecule has 1 aliphatic heterocycles. The molecular formula is C24H21ClN6O2. The first kappa shape index (κ1) is 21.1. The highest BCUT2D eigenvalue weighted by molar-refractivity contribution is 6.32. The molecule has 0 unspecified atom stereocenters. The summed E-state index contributed by atoms with van der Waals surface area (Å²) in [7, 11) is 0. The fourth-order valence-electron chi connectivity index (χ4n) is 3.44. The van der Waals surface area contributed by atoms with Crippen molar-refractivity contribution in [1.82, 2.24) is 20.3 Å². The van der Waals surface area contributed by atoms with Crippen molar-refractivity contribution >= 4 is 45.6 Å². The number of hydrogen-bond donors (Lipinski definition) is 3. The molecule has 9 heteroatoms. The Morgan fingerprint density at radius 2 is 1.97 bits per heavy atom. The quantitative estimate of drug-likeness (QED) is 0.378. The summed E-state index contributed by atoms with van der Waals surface area (Å²) in [5, 5.41) is 10.6. The lowest BCUT2D eigenvalue weighted by Crippen LogP contribution is -2.50. The number of ether oxygens (including phenoxy) is 1. The van der Waals surface area contributed by atoms with Crippen LogP contribution in [0.5, 0.6) is 5.75 Å². The number of pyridine rings is 1. The van der Waals surface area contributed by atoms with E-state index in [0.717, 1.165) is 35.2 Å². The van der Waals surface area contributed by atoms with Gasteiger partial charge in [-0.1, -0.05) is 17.7 Å². The molecule has 0 saturated carbocycles. The number of fused-ring (bicyclic) bond motifs is 1. The van der Waals surface area contributed by atoms with Gasteiger partial charge in [-0.3, -0.25) is 9.78 Å². The van der Waals surface area contributed by atoms with E-state index < -0.39 is 0 Å². The van der Waals surface area contributed by atoms with Gasteiger partial charge in [0.05, 0.1) is 22.3 Å². The average molecular weight is 461 g/mol. The van der Waals surface area contributed by atoms with Gasteiger partial charge in [0.1, 0.15) is 24.5 Å². The van der Waals surface area contributed by atoms with Gasteiger partial charge in [0, 0.05) is 23.0 Å². The maximum absolute atomic E-state index is 12.3. The summed E-state index contributed by atoms with van der Waals surface area (Å²) in [5.74, 6) is 1.13. The summed E-state index contributed by atoms with van der Waals surface area (Å²) < 4.78 is 5.79. The molecule has 1 fully saturated rings. The van der Waals surface area contributed by atoms with Crippen LogP contribution in [0.2, 0.25) is 5.02 Å². The molecule has 3 N–H and O–H groups in total. The smallest absolute Gasteiger partial charge is 0.241 e. The third kappa shape index (κ3) is 4.87. The molecule has 0 aliphatic carbocycles. The molecule has 0 bridgehead atoms. The highest BCUT2D eigenvalue weighted by Gasteiger charge is 2.24. The molecule has 5 rings (SSSR count).